The summed E-state index contributed by atoms with van der Waals surface area (Å²) in [5.41, 5.74) is 8.67. The highest BCUT2D eigenvalue weighted by molar-refractivity contribution is 7.28. The van der Waals surface area contributed by atoms with Crippen molar-refractivity contribution in [1.29, 1.82) is 0 Å². The standard InChI is InChI=1S/C53H42S2/c1-5-8-23-48-34(4)50-52(54-48)46-22-16-15-21-45(46)51-47-33-39(30-31-49(47)55-53(50)51)36-24-27-37(28-25-36)43-19-11-9-10-12-20-44(42(7-3)41(43)6-2)40-29-26-35-17-13-14-18-38(35)32-40/h6-33H,5H2,1-4H3/b11-9?,12-10?,23-8-,41-6+,42-7+,43-19?,44-20?. The molecule has 0 aliphatic rings. The zero-order valence-corrected chi connectivity index (χ0v) is 33.3. The van der Waals surface area contributed by atoms with E-state index in [4.69, 9.17) is 0 Å². The third-order valence-corrected chi connectivity index (χ3v) is 13.4. The summed E-state index contributed by atoms with van der Waals surface area (Å²) in [4.78, 5) is 1.37. The Bertz CT molecular complexity index is 3150. The van der Waals surface area contributed by atoms with Gasteiger partial charge in [0, 0.05) is 40.5 Å². The van der Waals surface area contributed by atoms with E-state index in [9.17, 15) is 0 Å². The van der Waals surface area contributed by atoms with Crippen LogP contribution in [0.1, 0.15) is 37.6 Å². The normalized spacial score (nSPS) is 12.6. The van der Waals surface area contributed by atoms with Gasteiger partial charge in [-0.2, -0.15) is 0 Å². The molecule has 7 aromatic carbocycles. The van der Waals surface area contributed by atoms with E-state index in [0.717, 1.165) is 6.42 Å². The van der Waals surface area contributed by atoms with E-state index < -0.39 is 0 Å². The summed E-state index contributed by atoms with van der Waals surface area (Å²) in [5.74, 6) is 0. The van der Waals surface area contributed by atoms with Gasteiger partial charge < -0.3 is 0 Å². The van der Waals surface area contributed by atoms with Crippen molar-refractivity contribution in [3.63, 3.8) is 0 Å². The Hall–Kier alpha value is -5.80. The fraction of sp³-hybridized carbons (Fsp3) is 0.0943. The molecule has 9 rings (SSSR count). The Morgan fingerprint density at radius 3 is 1.84 bits per heavy atom. The smallest absolute Gasteiger partial charge is 0.0451 e. The molecule has 0 bridgehead atoms. The van der Waals surface area contributed by atoms with Crippen molar-refractivity contribution in [3.8, 4) is 33.4 Å². The summed E-state index contributed by atoms with van der Waals surface area (Å²) in [7, 11) is 0. The first-order valence-corrected chi connectivity index (χ1v) is 20.9. The van der Waals surface area contributed by atoms with E-state index in [0.29, 0.717) is 0 Å². The molecule has 0 radical (unpaired) electrons. The van der Waals surface area contributed by atoms with Crippen molar-refractivity contribution in [1.82, 2.24) is 0 Å². The monoisotopic (exact) mass is 742 g/mol. The minimum Gasteiger partial charge on any atom is -0.135 e. The number of rotatable bonds is 5. The highest BCUT2D eigenvalue weighted by Crippen LogP contribution is 2.49. The number of allylic oxidation sites excluding steroid dienone is 1. The van der Waals surface area contributed by atoms with E-state index >= 15 is 0 Å². The summed E-state index contributed by atoms with van der Waals surface area (Å²) >= 11 is 3.88. The van der Waals surface area contributed by atoms with Gasteiger partial charge >= 0.3 is 0 Å². The number of benzene rings is 6. The van der Waals surface area contributed by atoms with Gasteiger partial charge in [-0.25, -0.2) is 0 Å². The van der Waals surface area contributed by atoms with Gasteiger partial charge in [0.05, 0.1) is 0 Å². The van der Waals surface area contributed by atoms with Crippen molar-refractivity contribution in [2.45, 2.75) is 34.1 Å². The van der Waals surface area contributed by atoms with Gasteiger partial charge in [-0.05, 0) is 117 Å². The van der Waals surface area contributed by atoms with Crippen LogP contribution in [0.3, 0.4) is 0 Å². The van der Waals surface area contributed by atoms with Crippen molar-refractivity contribution in [3.05, 3.63) is 173 Å². The summed E-state index contributed by atoms with van der Waals surface area (Å²) in [6.07, 6.45) is 10.2. The highest BCUT2D eigenvalue weighted by atomic mass is 32.1. The van der Waals surface area contributed by atoms with E-state index in [1.165, 1.54) is 106 Å². The Morgan fingerprint density at radius 1 is 0.491 bits per heavy atom. The molecule has 266 valence electrons. The molecule has 0 spiro atoms. The van der Waals surface area contributed by atoms with E-state index in [2.05, 4.69) is 198 Å². The summed E-state index contributed by atoms with van der Waals surface area (Å²) in [5, 5.41) is 11.8. The second-order valence-electron chi connectivity index (χ2n) is 14.1. The molecule has 0 fully saturated rings. The van der Waals surface area contributed by atoms with Crippen molar-refractivity contribution >= 4 is 92.7 Å². The van der Waals surface area contributed by atoms with Crippen molar-refractivity contribution in [2.75, 3.05) is 0 Å². The zero-order valence-electron chi connectivity index (χ0n) is 31.7. The van der Waals surface area contributed by atoms with Crippen LogP contribution >= 0.6 is 22.7 Å². The van der Waals surface area contributed by atoms with Crippen LogP contribution in [0, 0.1) is 6.92 Å². The first kappa shape index (κ1) is 34.9. The van der Waals surface area contributed by atoms with Crippen molar-refractivity contribution in [2.24, 2.45) is 0 Å². The predicted octanol–water partition coefficient (Wildman–Crippen LogP) is 15.0. The van der Waals surface area contributed by atoms with Crippen LogP contribution in [-0.2, 0) is 0 Å². The van der Waals surface area contributed by atoms with Crippen LogP contribution in [0.15, 0.2) is 152 Å². The van der Waals surface area contributed by atoms with Crippen LogP contribution in [0.2, 0.25) is 0 Å². The SMILES string of the molecule is C/C=c1/c(-c2ccc(-c3ccc4sc5c6c(C)c(/C=C\CC)sc6c6ccccc6c5c4c3)cc2)ccccccc(-c2ccc3ccccc3c2)/c1=C/C. The van der Waals surface area contributed by atoms with Crippen LogP contribution < -0.4 is 10.4 Å². The second-order valence-corrected chi connectivity index (χ2v) is 16.2. The van der Waals surface area contributed by atoms with Gasteiger partial charge in [0.2, 0.25) is 0 Å². The van der Waals surface area contributed by atoms with Gasteiger partial charge in [0.1, 0.15) is 0 Å². The fourth-order valence-electron chi connectivity index (χ4n) is 8.22. The average molecular weight is 743 g/mol. The Balaban J connectivity index is 1.19. The lowest BCUT2D eigenvalue weighted by Gasteiger charge is -2.09. The third kappa shape index (κ3) is 6.16. The molecule has 55 heavy (non-hydrogen) atoms. The maximum atomic E-state index is 2.43. The number of hydrogen-bond donors (Lipinski definition) is 0. The number of thiophene rings is 2. The number of hydrogen-bond acceptors (Lipinski definition) is 2. The molecule has 0 N–H and O–H groups in total. The Morgan fingerprint density at radius 2 is 1.11 bits per heavy atom. The minimum atomic E-state index is 1.04. The maximum Gasteiger partial charge on any atom is 0.0451 e. The molecule has 2 heteroatoms. The minimum absolute atomic E-state index is 1.04. The zero-order chi connectivity index (χ0) is 37.5. The molecule has 0 amide bonds. The summed E-state index contributed by atoms with van der Waals surface area (Å²) in [6, 6.07) is 53.7. The summed E-state index contributed by atoms with van der Waals surface area (Å²) < 4.78 is 4.15. The number of aryl methyl sites for hydroxylation is 1. The Kier molecular flexibility index (Phi) is 9.40. The number of fused-ring (bicyclic) bond motifs is 9. The predicted molar refractivity (Wildman–Crippen MR) is 247 cm³/mol. The molecule has 9 aromatic rings. The molecule has 0 aliphatic carbocycles. The highest BCUT2D eigenvalue weighted by Gasteiger charge is 2.19. The molecular formula is C53H42S2. The van der Waals surface area contributed by atoms with E-state index in [-0.39, 0.29) is 0 Å². The quantitative estimate of drug-likeness (QED) is 0.165. The van der Waals surface area contributed by atoms with Gasteiger partial charge in [-0.3, -0.25) is 0 Å². The molecule has 2 heterocycles. The molecule has 0 saturated carbocycles. The molecule has 0 nitrogen and oxygen atoms in total. The van der Waals surface area contributed by atoms with Gasteiger partial charge in [-0.1, -0.05) is 153 Å². The van der Waals surface area contributed by atoms with Crippen LogP contribution in [0.4, 0.5) is 0 Å². The summed E-state index contributed by atoms with van der Waals surface area (Å²) in [6.45, 7) is 8.82. The largest absolute Gasteiger partial charge is 0.135 e. The van der Waals surface area contributed by atoms with Crippen LogP contribution in [0.5, 0.6) is 0 Å². The molecule has 0 aliphatic heterocycles. The third-order valence-electron chi connectivity index (χ3n) is 10.9. The molecule has 0 unspecified atom stereocenters. The van der Waals surface area contributed by atoms with Gasteiger partial charge in [0.15, 0.2) is 0 Å². The van der Waals surface area contributed by atoms with E-state index in [1.807, 2.05) is 22.7 Å². The lowest BCUT2D eigenvalue weighted by molar-refractivity contribution is 1.23. The van der Waals surface area contributed by atoms with Gasteiger partial charge in [0.25, 0.3) is 0 Å². The second kappa shape index (κ2) is 14.8. The molecule has 2 aromatic heterocycles. The average Bonchev–Trinajstić information content (AvgIpc) is 3.78. The first-order chi connectivity index (χ1) is 27.1. The molecule has 0 saturated heterocycles. The Labute approximate surface area is 331 Å². The van der Waals surface area contributed by atoms with Crippen LogP contribution in [0.25, 0.3) is 103 Å². The van der Waals surface area contributed by atoms with Gasteiger partial charge in [-0.15, -0.1) is 22.7 Å². The molecular weight excluding hydrogens is 701 g/mol. The van der Waals surface area contributed by atoms with Crippen molar-refractivity contribution < 1.29 is 0 Å². The lowest BCUT2D eigenvalue weighted by atomic mass is 9.95. The topological polar surface area (TPSA) is 0 Å². The van der Waals surface area contributed by atoms with Crippen LogP contribution in [-0.4, -0.2) is 0 Å². The molecule has 0 atom stereocenters. The van der Waals surface area contributed by atoms with E-state index in [1.54, 1.807) is 0 Å². The maximum absolute atomic E-state index is 2.43. The first-order valence-electron chi connectivity index (χ1n) is 19.2. The lowest BCUT2D eigenvalue weighted by Crippen LogP contribution is -2.27. The fourth-order valence-corrected chi connectivity index (χ4v) is 10.9.